The molecule has 2 heterocycles. The molecule has 2 aliphatic carbocycles. The van der Waals surface area contributed by atoms with Crippen molar-refractivity contribution in [3.63, 3.8) is 0 Å². The lowest BCUT2D eigenvalue weighted by Crippen LogP contribution is -2.41. The van der Waals surface area contributed by atoms with Crippen LogP contribution in [-0.4, -0.2) is 36.6 Å². The normalized spacial score (nSPS) is 15.8. The van der Waals surface area contributed by atoms with Crippen molar-refractivity contribution < 1.29 is 18.6 Å². The molecular weight excluding hydrogens is 2020 g/mol. The molecule has 0 aromatic heterocycles. The predicted octanol–water partition coefficient (Wildman–Crippen LogP) is 41.0. The zero-order valence-electron chi connectivity index (χ0n) is 91.9. The fraction of sp³-hybridized carbons (Fsp3) is 0.470. The van der Waals surface area contributed by atoms with Crippen LogP contribution in [-0.2, 0) is 51.1 Å². The molecule has 2 fully saturated rings. The highest BCUT2D eigenvalue weighted by Crippen LogP contribution is 2.61. The average molecular weight is 2190 g/mol. The molecule has 762 valence electrons. The van der Waals surface area contributed by atoms with Crippen molar-refractivity contribution in [3.8, 4) is 22.3 Å². The van der Waals surface area contributed by atoms with Crippen LogP contribution in [0.25, 0.3) is 65.3 Å². The summed E-state index contributed by atoms with van der Waals surface area (Å²) in [5.74, 6) is 0. The monoisotopic (exact) mass is 2180 g/mol. The fourth-order valence-electron chi connectivity index (χ4n) is 22.9. The number of unbranched alkanes of at least 4 members (excludes halogenated alkanes) is 20. The van der Waals surface area contributed by atoms with Crippen LogP contribution < -0.4 is 20.7 Å². The van der Waals surface area contributed by atoms with E-state index < -0.39 is 18.3 Å². The van der Waals surface area contributed by atoms with Crippen molar-refractivity contribution in [2.75, 3.05) is 9.80 Å². The second-order valence-electron chi connectivity index (χ2n) is 48.6. The maximum atomic E-state index is 6.81. The zero-order valence-corrected chi connectivity index (χ0v) is 98.3. The number of hydrogen-bond donors (Lipinski definition) is 0. The third kappa shape index (κ3) is 23.9. The van der Waals surface area contributed by atoms with Crippen LogP contribution in [0.1, 0.15) is 390 Å². The van der Waals surface area contributed by atoms with Gasteiger partial charge in [0.05, 0.1) is 33.8 Å². The minimum atomic E-state index is -0.421. The second-order valence-corrected chi connectivity index (χ2v) is 52.2. The number of hydrogen-bond acceptors (Lipinski definition) is 6. The molecule has 6 nitrogen and oxygen atoms in total. The van der Waals surface area contributed by atoms with Gasteiger partial charge in [0.1, 0.15) is 0 Å². The molecule has 0 bridgehead atoms. The third-order valence-corrected chi connectivity index (χ3v) is 35.2. The van der Waals surface area contributed by atoms with Gasteiger partial charge < -0.3 is 28.4 Å². The van der Waals surface area contributed by atoms with E-state index in [4.69, 9.17) is 18.6 Å². The Bertz CT molecular complexity index is 6340. The molecule has 0 radical (unpaired) electrons. The summed E-state index contributed by atoms with van der Waals surface area (Å²) in [6.07, 6.45) is 36.5. The highest BCUT2D eigenvalue weighted by molar-refractivity contribution is 9.11. The van der Waals surface area contributed by atoms with Gasteiger partial charge in [-0.25, -0.2) is 0 Å². The van der Waals surface area contributed by atoms with Crippen LogP contribution >= 0.6 is 63.7 Å². The molecule has 0 atom stereocenters. The van der Waals surface area contributed by atoms with E-state index >= 15 is 0 Å². The Balaban J connectivity index is 0.000000167. The van der Waals surface area contributed by atoms with Gasteiger partial charge in [-0.05, 0) is 305 Å². The Hall–Kier alpha value is -7.61. The Kier molecular flexibility index (Phi) is 35.4. The van der Waals surface area contributed by atoms with Gasteiger partial charge in [0.2, 0.25) is 0 Å². The smallest absolute Gasteiger partial charge is 0.399 e. The number of anilines is 6. The summed E-state index contributed by atoms with van der Waals surface area (Å²) in [5.41, 5.74) is 24.4. The fourth-order valence-corrected chi connectivity index (χ4v) is 24.4. The standard InChI is InChI=1S/C54H58Br2N2.C45H66B2O4.C33H42Br2/c1-51(2,3)35-13-23-41(24-14-35)57(43-27-19-39(55)20-28-43)49-45-31-17-38(54(10,11)12)34-48(45)50(46-32-18-37(33-47(46)49)53(7,8)9)58(44-29-21-40(56)22-30-44)42-25-15-36(16-26-42)52(4,5)6;1-11-13-15-17-19-23-29-45(30-24-20-18-16-14-12-2)37-31-33(46-48-41(3,4)42(5,6)49-46)27-28-36(37)40-35-26-22-21-25-34(35)39(32-38(40)45)47-50-43(7,8)44(9,10)51-47;1-3-5-7-9-11-15-21-33(22-16-12-10-8-6-4-2)29-23-25(34)19-20-28(29)32-27-18-14-13-17-26(27)31(35)24-30(32)33/h13-34H,1-12H3;21-22,25-28,31-32H,11-20,23-24,29-30H2,1-10H3;13-14,17-20,23-24H,3-12,15-16,21-22H2,1-2H3. The van der Waals surface area contributed by atoms with Gasteiger partial charge in [0.15, 0.2) is 0 Å². The maximum Gasteiger partial charge on any atom is 0.495 e. The highest BCUT2D eigenvalue weighted by atomic mass is 79.9. The summed E-state index contributed by atoms with van der Waals surface area (Å²) < 4.78 is 31.5. The van der Waals surface area contributed by atoms with Crippen LogP contribution in [0.3, 0.4) is 0 Å². The molecule has 17 rings (SSSR count). The van der Waals surface area contributed by atoms with Gasteiger partial charge in [-0.2, -0.15) is 0 Å². The summed E-state index contributed by atoms with van der Waals surface area (Å²) in [4.78, 5) is 4.97. The van der Waals surface area contributed by atoms with Gasteiger partial charge in [-0.15, -0.1) is 0 Å². The minimum Gasteiger partial charge on any atom is -0.399 e. The quantitative estimate of drug-likeness (QED) is 0.0169. The van der Waals surface area contributed by atoms with Crippen molar-refractivity contribution >= 4 is 166 Å². The number of fused-ring (bicyclic) bond motifs is 12. The maximum absolute atomic E-state index is 6.81. The largest absolute Gasteiger partial charge is 0.495 e. The van der Waals surface area contributed by atoms with Crippen LogP contribution in [0.5, 0.6) is 0 Å². The topological polar surface area (TPSA) is 43.4 Å². The first-order valence-corrected chi connectivity index (χ1v) is 58.4. The first kappa shape index (κ1) is 111. The number of halogens is 4. The van der Waals surface area contributed by atoms with Crippen molar-refractivity contribution in [2.24, 2.45) is 0 Å². The van der Waals surface area contributed by atoms with E-state index in [-0.39, 0.29) is 50.8 Å². The van der Waals surface area contributed by atoms with Gasteiger partial charge in [0, 0.05) is 73.0 Å². The molecule has 2 aliphatic heterocycles. The van der Waals surface area contributed by atoms with Gasteiger partial charge in [-0.1, -0.05) is 456 Å². The minimum absolute atomic E-state index is 0.0363. The van der Waals surface area contributed by atoms with Crippen molar-refractivity contribution in [1.82, 2.24) is 0 Å². The summed E-state index contributed by atoms with van der Waals surface area (Å²) in [5, 5.41) is 10.0. The molecule has 0 spiro atoms. The second kappa shape index (κ2) is 46.1. The lowest BCUT2D eigenvalue weighted by atomic mass is 9.66. The molecule has 0 N–H and O–H groups in total. The van der Waals surface area contributed by atoms with E-state index in [1.54, 1.807) is 11.1 Å². The number of rotatable bonds is 36. The lowest BCUT2D eigenvalue weighted by molar-refractivity contribution is 0.00578. The third-order valence-electron chi connectivity index (χ3n) is 32.9. The number of nitrogens with zero attached hydrogens (tertiary/aromatic N) is 2. The molecule has 12 heteroatoms. The molecule has 2 saturated heterocycles. The average Bonchev–Trinajstić information content (AvgIpc) is 1.50. The summed E-state index contributed by atoms with van der Waals surface area (Å²) in [6.45, 7) is 54.1. The molecule has 4 aliphatic rings. The predicted molar refractivity (Wildman–Crippen MR) is 640 cm³/mol. The Morgan fingerprint density at radius 2 is 0.556 bits per heavy atom. The molecule has 13 aromatic rings. The van der Waals surface area contributed by atoms with E-state index in [9.17, 15) is 0 Å². The highest BCUT2D eigenvalue weighted by Gasteiger charge is 2.56. The molecular formula is C132H166B2Br4N2O4. The molecule has 0 saturated carbocycles. The molecule has 144 heavy (non-hydrogen) atoms. The van der Waals surface area contributed by atoms with Gasteiger partial charge >= 0.3 is 14.2 Å². The van der Waals surface area contributed by atoms with Crippen molar-refractivity contribution in [1.29, 1.82) is 0 Å². The van der Waals surface area contributed by atoms with Crippen LogP contribution in [0.2, 0.25) is 0 Å². The molecule has 0 amide bonds. The number of benzene rings is 13. The van der Waals surface area contributed by atoms with Crippen molar-refractivity contribution in [3.05, 3.63) is 293 Å². The van der Waals surface area contributed by atoms with E-state index in [1.165, 1.54) is 286 Å². The first-order valence-electron chi connectivity index (χ1n) is 55.2. The summed E-state index contributed by atoms with van der Waals surface area (Å²) in [6, 6.07) is 87.5. The van der Waals surface area contributed by atoms with Crippen molar-refractivity contribution in [2.45, 2.75) is 401 Å². The van der Waals surface area contributed by atoms with E-state index in [2.05, 4.69) is 470 Å². The van der Waals surface area contributed by atoms with Crippen LogP contribution in [0, 0.1) is 0 Å². The summed E-state index contributed by atoms with van der Waals surface area (Å²) in [7, 11) is -0.808. The van der Waals surface area contributed by atoms with E-state index in [0.717, 1.165) is 55.5 Å². The van der Waals surface area contributed by atoms with Crippen LogP contribution in [0.4, 0.5) is 34.1 Å². The zero-order chi connectivity index (χ0) is 103. The van der Waals surface area contributed by atoms with Crippen LogP contribution in [0.15, 0.2) is 248 Å². The van der Waals surface area contributed by atoms with E-state index in [1.807, 2.05) is 0 Å². The molecule has 0 unspecified atom stereocenters. The Morgan fingerprint density at radius 3 is 0.924 bits per heavy atom. The Labute approximate surface area is 902 Å². The van der Waals surface area contributed by atoms with E-state index in [0.29, 0.717) is 0 Å². The summed E-state index contributed by atoms with van der Waals surface area (Å²) >= 11 is 15.3. The van der Waals surface area contributed by atoms with Gasteiger partial charge in [-0.3, -0.25) is 0 Å². The first-order chi connectivity index (χ1) is 68.4. The Morgan fingerprint density at radius 1 is 0.257 bits per heavy atom. The van der Waals surface area contributed by atoms with Gasteiger partial charge in [0.25, 0.3) is 0 Å². The molecule has 13 aromatic carbocycles. The SMILES string of the molecule is CC(C)(C)c1ccc(N(c2ccc(Br)cc2)c2c3ccc(C(C)(C)C)cc3c(N(c3ccc(Br)cc3)c3ccc(C(C)(C)C)cc3)c3ccc(C(C)(C)C)cc23)cc1.CCCCCCCCC1(CCCCCCCC)c2cc(B3OC(C)(C)C(C)(C)O3)ccc2-c2c1cc(B1OC(C)(C)C(C)(C)O1)c1ccccc21.CCCCCCCCC1(CCCCCCCC)c2cc(Br)ccc2-c2c1cc(Br)c1ccccc21. The lowest BCUT2D eigenvalue weighted by Gasteiger charge is -2.34.